The molecule has 2 rings (SSSR count). The number of hydrogen-bond donors (Lipinski definition) is 2. The van der Waals surface area contributed by atoms with Gasteiger partial charge in [0.25, 0.3) is 5.91 Å². The normalized spacial score (nSPS) is 18.6. The van der Waals surface area contributed by atoms with Gasteiger partial charge in [-0.05, 0) is 31.5 Å². The van der Waals surface area contributed by atoms with Crippen LogP contribution in [0.3, 0.4) is 0 Å². The first kappa shape index (κ1) is 12.7. The summed E-state index contributed by atoms with van der Waals surface area (Å²) in [6, 6.07) is 5.17. The van der Waals surface area contributed by atoms with Crippen LogP contribution < -0.4 is 15.8 Å². The summed E-state index contributed by atoms with van der Waals surface area (Å²) in [6.45, 7) is 3.73. The van der Waals surface area contributed by atoms with Gasteiger partial charge in [-0.1, -0.05) is 0 Å². The number of nitrogen functional groups attached to an aromatic ring is 1. The van der Waals surface area contributed by atoms with Gasteiger partial charge < -0.3 is 20.5 Å². The van der Waals surface area contributed by atoms with Gasteiger partial charge in [0.15, 0.2) is 0 Å². The van der Waals surface area contributed by atoms with Gasteiger partial charge in [-0.25, -0.2) is 0 Å². The Morgan fingerprint density at radius 3 is 3.06 bits per heavy atom. The van der Waals surface area contributed by atoms with E-state index in [4.69, 9.17) is 15.2 Å². The van der Waals surface area contributed by atoms with Gasteiger partial charge in [-0.3, -0.25) is 4.79 Å². The minimum Gasteiger partial charge on any atom is -0.492 e. The van der Waals surface area contributed by atoms with E-state index in [1.165, 1.54) is 0 Å². The standard InChI is InChI=1S/C13H18N2O3/c1-2-18-12-4-3-9(7-11(12)14)13(16)15-10-5-6-17-8-10/h3-4,7,10H,2,5-6,8,14H2,1H3,(H,15,16). The molecule has 0 saturated carbocycles. The fourth-order valence-electron chi connectivity index (χ4n) is 1.89. The van der Waals surface area contributed by atoms with E-state index in [0.29, 0.717) is 36.8 Å². The van der Waals surface area contributed by atoms with Crippen LogP contribution in [0.1, 0.15) is 23.7 Å². The third-order valence-corrected chi connectivity index (χ3v) is 2.84. The van der Waals surface area contributed by atoms with Crippen LogP contribution in [0.25, 0.3) is 0 Å². The molecule has 5 nitrogen and oxygen atoms in total. The minimum absolute atomic E-state index is 0.102. The van der Waals surface area contributed by atoms with Crippen molar-refractivity contribution < 1.29 is 14.3 Å². The number of anilines is 1. The van der Waals surface area contributed by atoms with Crippen molar-refractivity contribution in [2.45, 2.75) is 19.4 Å². The lowest BCUT2D eigenvalue weighted by molar-refractivity contribution is 0.0930. The highest BCUT2D eigenvalue weighted by Gasteiger charge is 2.18. The highest BCUT2D eigenvalue weighted by atomic mass is 16.5. The number of ether oxygens (including phenoxy) is 2. The van der Waals surface area contributed by atoms with E-state index in [-0.39, 0.29) is 11.9 Å². The summed E-state index contributed by atoms with van der Waals surface area (Å²) in [6.07, 6.45) is 0.859. The number of carbonyl (C=O) groups excluding carboxylic acids is 1. The Morgan fingerprint density at radius 2 is 2.44 bits per heavy atom. The average Bonchev–Trinajstić information content (AvgIpc) is 2.84. The minimum atomic E-state index is -0.125. The summed E-state index contributed by atoms with van der Waals surface area (Å²) in [7, 11) is 0. The molecule has 1 aliphatic heterocycles. The van der Waals surface area contributed by atoms with E-state index in [9.17, 15) is 4.79 Å². The lowest BCUT2D eigenvalue weighted by Gasteiger charge is -2.12. The van der Waals surface area contributed by atoms with Crippen LogP contribution in [0.4, 0.5) is 5.69 Å². The lowest BCUT2D eigenvalue weighted by Crippen LogP contribution is -2.35. The molecule has 5 heteroatoms. The van der Waals surface area contributed by atoms with Gasteiger partial charge in [-0.2, -0.15) is 0 Å². The van der Waals surface area contributed by atoms with Crippen molar-refractivity contribution in [3.63, 3.8) is 0 Å². The van der Waals surface area contributed by atoms with E-state index < -0.39 is 0 Å². The first-order chi connectivity index (χ1) is 8.70. The van der Waals surface area contributed by atoms with Gasteiger partial charge in [0.05, 0.1) is 24.9 Å². The molecule has 0 bridgehead atoms. The van der Waals surface area contributed by atoms with Crippen LogP contribution in [0.2, 0.25) is 0 Å². The Kier molecular flexibility index (Phi) is 4.04. The smallest absolute Gasteiger partial charge is 0.251 e. The Labute approximate surface area is 106 Å². The van der Waals surface area contributed by atoms with Gasteiger partial charge in [-0.15, -0.1) is 0 Å². The molecule has 1 amide bonds. The fraction of sp³-hybridized carbons (Fsp3) is 0.462. The van der Waals surface area contributed by atoms with Crippen LogP contribution in [-0.4, -0.2) is 31.8 Å². The summed E-state index contributed by atoms with van der Waals surface area (Å²) in [4.78, 5) is 12.0. The zero-order chi connectivity index (χ0) is 13.0. The highest BCUT2D eigenvalue weighted by molar-refractivity contribution is 5.95. The Balaban J connectivity index is 2.03. The number of nitrogens with two attached hydrogens (primary N) is 1. The second-order valence-corrected chi connectivity index (χ2v) is 4.22. The lowest BCUT2D eigenvalue weighted by atomic mass is 10.1. The van der Waals surface area contributed by atoms with Gasteiger partial charge in [0.1, 0.15) is 5.75 Å². The second kappa shape index (κ2) is 5.73. The molecule has 1 aromatic carbocycles. The maximum absolute atomic E-state index is 12.0. The van der Waals surface area contributed by atoms with Crippen molar-refractivity contribution in [1.29, 1.82) is 0 Å². The molecular formula is C13H18N2O3. The predicted octanol–water partition coefficient (Wildman–Crippen LogP) is 1.19. The Morgan fingerprint density at radius 1 is 1.61 bits per heavy atom. The van der Waals surface area contributed by atoms with Gasteiger partial charge >= 0.3 is 0 Å². The molecule has 1 unspecified atom stereocenters. The zero-order valence-corrected chi connectivity index (χ0v) is 10.4. The third-order valence-electron chi connectivity index (χ3n) is 2.84. The van der Waals surface area contributed by atoms with Crippen LogP contribution >= 0.6 is 0 Å². The molecule has 0 aromatic heterocycles. The number of rotatable bonds is 4. The average molecular weight is 250 g/mol. The number of amides is 1. The molecular weight excluding hydrogens is 232 g/mol. The van der Waals surface area contributed by atoms with E-state index in [1.807, 2.05) is 6.92 Å². The maximum atomic E-state index is 12.0. The van der Waals surface area contributed by atoms with Crippen molar-refractivity contribution in [3.05, 3.63) is 23.8 Å². The van der Waals surface area contributed by atoms with Crippen molar-refractivity contribution in [2.75, 3.05) is 25.6 Å². The van der Waals surface area contributed by atoms with Gasteiger partial charge in [0.2, 0.25) is 0 Å². The van der Waals surface area contributed by atoms with E-state index in [1.54, 1.807) is 18.2 Å². The first-order valence-electron chi connectivity index (χ1n) is 6.11. The first-order valence-corrected chi connectivity index (χ1v) is 6.11. The molecule has 1 fully saturated rings. The maximum Gasteiger partial charge on any atom is 0.251 e. The van der Waals surface area contributed by atoms with E-state index in [2.05, 4.69) is 5.32 Å². The van der Waals surface area contributed by atoms with Crippen molar-refractivity contribution in [1.82, 2.24) is 5.32 Å². The molecule has 18 heavy (non-hydrogen) atoms. The van der Waals surface area contributed by atoms with Gasteiger partial charge in [0, 0.05) is 12.2 Å². The monoisotopic (exact) mass is 250 g/mol. The van der Waals surface area contributed by atoms with Crippen molar-refractivity contribution in [3.8, 4) is 5.75 Å². The quantitative estimate of drug-likeness (QED) is 0.787. The molecule has 1 aromatic rings. The number of nitrogens with one attached hydrogen (secondary N) is 1. The molecule has 3 N–H and O–H groups in total. The zero-order valence-electron chi connectivity index (χ0n) is 10.4. The van der Waals surface area contributed by atoms with Crippen LogP contribution in [-0.2, 0) is 4.74 Å². The summed E-state index contributed by atoms with van der Waals surface area (Å²) >= 11 is 0. The number of hydrogen-bond acceptors (Lipinski definition) is 4. The third kappa shape index (κ3) is 2.92. The molecule has 1 saturated heterocycles. The van der Waals surface area contributed by atoms with Crippen molar-refractivity contribution in [2.24, 2.45) is 0 Å². The summed E-state index contributed by atoms with van der Waals surface area (Å²) < 4.78 is 10.5. The molecule has 1 aliphatic rings. The highest BCUT2D eigenvalue weighted by Crippen LogP contribution is 2.22. The molecule has 1 heterocycles. The van der Waals surface area contributed by atoms with Crippen LogP contribution in [0, 0.1) is 0 Å². The molecule has 0 spiro atoms. The fourth-order valence-corrected chi connectivity index (χ4v) is 1.89. The number of benzene rings is 1. The predicted molar refractivity (Wildman–Crippen MR) is 68.7 cm³/mol. The van der Waals surface area contributed by atoms with E-state index in [0.717, 1.165) is 6.42 Å². The second-order valence-electron chi connectivity index (χ2n) is 4.22. The van der Waals surface area contributed by atoms with E-state index >= 15 is 0 Å². The molecule has 0 aliphatic carbocycles. The molecule has 1 atom stereocenters. The SMILES string of the molecule is CCOc1ccc(C(=O)NC2CCOC2)cc1N. The summed E-state index contributed by atoms with van der Waals surface area (Å²) in [5.41, 5.74) is 6.85. The molecule has 0 radical (unpaired) electrons. The summed E-state index contributed by atoms with van der Waals surface area (Å²) in [5.74, 6) is 0.485. The summed E-state index contributed by atoms with van der Waals surface area (Å²) in [5, 5.41) is 2.91. The topological polar surface area (TPSA) is 73.6 Å². The largest absolute Gasteiger partial charge is 0.492 e. The Bertz CT molecular complexity index is 428. The molecule has 98 valence electrons. The van der Waals surface area contributed by atoms with Crippen LogP contribution in [0.5, 0.6) is 5.75 Å². The van der Waals surface area contributed by atoms with Crippen molar-refractivity contribution >= 4 is 11.6 Å². The number of carbonyl (C=O) groups is 1. The van der Waals surface area contributed by atoms with Crippen LogP contribution in [0.15, 0.2) is 18.2 Å². The Hall–Kier alpha value is -1.75.